The van der Waals surface area contributed by atoms with Crippen LogP contribution in [0.3, 0.4) is 0 Å². The van der Waals surface area contributed by atoms with Gasteiger partial charge in [0.05, 0.1) is 5.60 Å². The summed E-state index contributed by atoms with van der Waals surface area (Å²) >= 11 is 0. The first-order valence-corrected chi connectivity index (χ1v) is 7.26. The first kappa shape index (κ1) is 12.2. The lowest BCUT2D eigenvalue weighted by Crippen LogP contribution is -2.34. The quantitative estimate of drug-likeness (QED) is 0.862. The average molecular weight is 245 g/mol. The fraction of sp³-hybridized carbons (Fsp3) is 0.625. The van der Waals surface area contributed by atoms with Crippen LogP contribution in [0.2, 0.25) is 0 Å². The SMILES string of the molecule is OC1(CCCc2ccccc2)CCN(C2CC2)C1. The Morgan fingerprint density at radius 1 is 1.22 bits per heavy atom. The second-order valence-corrected chi connectivity index (χ2v) is 6.02. The minimum Gasteiger partial charge on any atom is -0.389 e. The molecule has 2 fully saturated rings. The minimum absolute atomic E-state index is 0.405. The zero-order valence-corrected chi connectivity index (χ0v) is 11.0. The van der Waals surface area contributed by atoms with Gasteiger partial charge in [-0.3, -0.25) is 4.90 Å². The molecule has 1 N–H and O–H groups in total. The minimum atomic E-state index is -0.405. The molecule has 0 radical (unpaired) electrons. The lowest BCUT2D eigenvalue weighted by molar-refractivity contribution is 0.0379. The average Bonchev–Trinajstić information content (AvgIpc) is 3.15. The van der Waals surface area contributed by atoms with Crippen molar-refractivity contribution >= 4 is 0 Å². The van der Waals surface area contributed by atoms with Crippen LogP contribution in [0.5, 0.6) is 0 Å². The third-order valence-electron chi connectivity index (χ3n) is 4.38. The summed E-state index contributed by atoms with van der Waals surface area (Å²) in [5.74, 6) is 0. The van der Waals surface area contributed by atoms with Gasteiger partial charge >= 0.3 is 0 Å². The van der Waals surface area contributed by atoms with Gasteiger partial charge in [-0.1, -0.05) is 30.3 Å². The van der Waals surface area contributed by atoms with Crippen LogP contribution < -0.4 is 0 Å². The van der Waals surface area contributed by atoms with Crippen molar-refractivity contribution in [2.24, 2.45) is 0 Å². The summed E-state index contributed by atoms with van der Waals surface area (Å²) in [6.07, 6.45) is 6.80. The molecule has 1 saturated heterocycles. The van der Waals surface area contributed by atoms with E-state index in [1.54, 1.807) is 0 Å². The number of hydrogen-bond acceptors (Lipinski definition) is 2. The van der Waals surface area contributed by atoms with Crippen molar-refractivity contribution in [3.63, 3.8) is 0 Å². The summed E-state index contributed by atoms with van der Waals surface area (Å²) in [6, 6.07) is 11.4. The van der Waals surface area contributed by atoms with Gasteiger partial charge in [-0.2, -0.15) is 0 Å². The summed E-state index contributed by atoms with van der Waals surface area (Å²) in [5.41, 5.74) is 0.982. The number of likely N-dealkylation sites (tertiary alicyclic amines) is 1. The molecule has 1 saturated carbocycles. The standard InChI is InChI=1S/C16H23NO/c18-16(11-12-17(13-16)15-8-9-15)10-4-7-14-5-2-1-3-6-14/h1-3,5-6,15,18H,4,7-13H2. The van der Waals surface area contributed by atoms with Crippen LogP contribution in [-0.4, -0.2) is 34.7 Å². The maximum Gasteiger partial charge on any atom is 0.0786 e. The Kier molecular flexibility index (Phi) is 3.40. The van der Waals surface area contributed by atoms with Crippen LogP contribution in [0, 0.1) is 0 Å². The molecular weight excluding hydrogens is 222 g/mol. The highest BCUT2D eigenvalue weighted by molar-refractivity contribution is 5.14. The molecule has 98 valence electrons. The van der Waals surface area contributed by atoms with Gasteiger partial charge in [0, 0.05) is 19.1 Å². The molecule has 1 aliphatic heterocycles. The Morgan fingerprint density at radius 3 is 2.72 bits per heavy atom. The monoisotopic (exact) mass is 245 g/mol. The molecule has 2 aliphatic rings. The lowest BCUT2D eigenvalue weighted by atomic mass is 9.94. The largest absolute Gasteiger partial charge is 0.389 e. The number of aliphatic hydroxyl groups is 1. The van der Waals surface area contributed by atoms with E-state index in [-0.39, 0.29) is 0 Å². The Morgan fingerprint density at radius 2 is 2.00 bits per heavy atom. The van der Waals surface area contributed by atoms with Gasteiger partial charge in [0.25, 0.3) is 0 Å². The molecule has 0 spiro atoms. The Labute approximate surface area is 110 Å². The van der Waals surface area contributed by atoms with Gasteiger partial charge in [-0.25, -0.2) is 0 Å². The first-order valence-electron chi connectivity index (χ1n) is 7.26. The molecule has 1 aliphatic carbocycles. The highest BCUT2D eigenvalue weighted by Crippen LogP contribution is 2.35. The van der Waals surface area contributed by atoms with Crippen molar-refractivity contribution in [1.29, 1.82) is 0 Å². The van der Waals surface area contributed by atoms with E-state index in [0.29, 0.717) is 0 Å². The molecule has 0 bridgehead atoms. The third-order valence-corrected chi connectivity index (χ3v) is 4.38. The van der Waals surface area contributed by atoms with Crippen molar-refractivity contribution in [2.75, 3.05) is 13.1 Å². The second kappa shape index (κ2) is 5.02. The maximum absolute atomic E-state index is 10.6. The molecule has 1 atom stereocenters. The molecule has 0 aromatic heterocycles. The smallest absolute Gasteiger partial charge is 0.0786 e. The fourth-order valence-electron chi connectivity index (χ4n) is 3.11. The van der Waals surface area contributed by atoms with Gasteiger partial charge in [0.15, 0.2) is 0 Å². The zero-order chi connectivity index (χ0) is 12.4. The van der Waals surface area contributed by atoms with Crippen LogP contribution in [-0.2, 0) is 6.42 Å². The first-order chi connectivity index (χ1) is 8.75. The fourth-order valence-corrected chi connectivity index (χ4v) is 3.11. The Balaban J connectivity index is 1.45. The number of aryl methyl sites for hydroxylation is 1. The van der Waals surface area contributed by atoms with Crippen LogP contribution in [0.4, 0.5) is 0 Å². The predicted molar refractivity (Wildman–Crippen MR) is 73.5 cm³/mol. The predicted octanol–water partition coefficient (Wildman–Crippen LogP) is 2.61. The third kappa shape index (κ3) is 2.93. The number of rotatable bonds is 5. The highest BCUT2D eigenvalue weighted by atomic mass is 16.3. The topological polar surface area (TPSA) is 23.5 Å². The van der Waals surface area contributed by atoms with Gasteiger partial charge < -0.3 is 5.11 Å². The van der Waals surface area contributed by atoms with E-state index in [1.165, 1.54) is 18.4 Å². The number of β-amino-alcohol motifs (C(OH)–C–C–N with tert-alkyl or cyclic N) is 1. The van der Waals surface area contributed by atoms with Gasteiger partial charge in [-0.15, -0.1) is 0 Å². The molecule has 2 heteroatoms. The summed E-state index contributed by atoms with van der Waals surface area (Å²) in [4.78, 5) is 2.49. The van der Waals surface area contributed by atoms with E-state index < -0.39 is 5.60 Å². The molecule has 1 unspecified atom stereocenters. The summed E-state index contributed by atoms with van der Waals surface area (Å²) in [5, 5.41) is 10.6. The summed E-state index contributed by atoms with van der Waals surface area (Å²) in [6.45, 7) is 2.01. The van der Waals surface area contributed by atoms with Crippen LogP contribution in [0.25, 0.3) is 0 Å². The number of benzene rings is 1. The van der Waals surface area contributed by atoms with Crippen LogP contribution in [0.1, 0.15) is 37.7 Å². The van der Waals surface area contributed by atoms with Crippen molar-refractivity contribution in [3.8, 4) is 0 Å². The van der Waals surface area contributed by atoms with Gasteiger partial charge in [0.1, 0.15) is 0 Å². The normalized spacial score (nSPS) is 28.7. The van der Waals surface area contributed by atoms with E-state index >= 15 is 0 Å². The molecule has 1 aromatic carbocycles. The summed E-state index contributed by atoms with van der Waals surface area (Å²) in [7, 11) is 0. The van der Waals surface area contributed by atoms with Crippen molar-refractivity contribution in [3.05, 3.63) is 35.9 Å². The van der Waals surface area contributed by atoms with Gasteiger partial charge in [-0.05, 0) is 44.1 Å². The molecule has 18 heavy (non-hydrogen) atoms. The molecular formula is C16H23NO. The van der Waals surface area contributed by atoms with E-state index in [4.69, 9.17) is 0 Å². The van der Waals surface area contributed by atoms with Gasteiger partial charge in [0.2, 0.25) is 0 Å². The molecule has 1 heterocycles. The van der Waals surface area contributed by atoms with Crippen molar-refractivity contribution in [1.82, 2.24) is 4.90 Å². The zero-order valence-electron chi connectivity index (χ0n) is 11.0. The molecule has 2 nitrogen and oxygen atoms in total. The molecule has 3 rings (SSSR count). The highest BCUT2D eigenvalue weighted by Gasteiger charge is 2.41. The summed E-state index contributed by atoms with van der Waals surface area (Å²) < 4.78 is 0. The number of hydrogen-bond donors (Lipinski definition) is 1. The van der Waals surface area contributed by atoms with E-state index in [1.807, 2.05) is 0 Å². The maximum atomic E-state index is 10.6. The van der Waals surface area contributed by atoms with Crippen molar-refractivity contribution < 1.29 is 5.11 Å². The molecule has 1 aromatic rings. The van der Waals surface area contributed by atoms with E-state index in [9.17, 15) is 5.11 Å². The van der Waals surface area contributed by atoms with Crippen molar-refractivity contribution in [2.45, 2.75) is 50.2 Å². The van der Waals surface area contributed by atoms with Crippen LogP contribution >= 0.6 is 0 Å². The van der Waals surface area contributed by atoms with E-state index in [2.05, 4.69) is 35.2 Å². The molecule has 0 amide bonds. The lowest BCUT2D eigenvalue weighted by Gasteiger charge is -2.23. The van der Waals surface area contributed by atoms with Crippen LogP contribution in [0.15, 0.2) is 30.3 Å². The second-order valence-electron chi connectivity index (χ2n) is 6.02. The van der Waals surface area contributed by atoms with E-state index in [0.717, 1.165) is 44.8 Å². The number of nitrogens with zero attached hydrogens (tertiary/aromatic N) is 1. The Hall–Kier alpha value is -0.860. The Bertz CT molecular complexity index is 387.